The van der Waals surface area contributed by atoms with E-state index >= 15 is 0 Å². The van der Waals surface area contributed by atoms with Crippen molar-refractivity contribution in [1.29, 1.82) is 0 Å². The summed E-state index contributed by atoms with van der Waals surface area (Å²) in [6, 6.07) is 4.21. The first kappa shape index (κ1) is 16.8. The minimum absolute atomic E-state index is 0.0113. The molecule has 2 aromatic rings. The van der Waals surface area contributed by atoms with Crippen LogP contribution in [0.25, 0.3) is 5.82 Å². The lowest BCUT2D eigenvalue weighted by Crippen LogP contribution is -2.42. The van der Waals surface area contributed by atoms with Crippen molar-refractivity contribution in [3.63, 3.8) is 0 Å². The number of rotatable bonds is 5. The Hall–Kier alpha value is -2.02. The highest BCUT2D eigenvalue weighted by Gasteiger charge is 2.29. The number of nitrogens with one attached hydrogen (secondary N) is 1. The van der Waals surface area contributed by atoms with Crippen LogP contribution in [0, 0.1) is 0 Å². The molecule has 7 heteroatoms. The summed E-state index contributed by atoms with van der Waals surface area (Å²) >= 11 is 1.90. The van der Waals surface area contributed by atoms with Gasteiger partial charge in [0.1, 0.15) is 12.1 Å². The number of hydrogen-bond acceptors (Lipinski definition) is 4. The molecule has 0 aliphatic heterocycles. The number of hydrogen-bond donors (Lipinski definition) is 1. The minimum Gasteiger partial charge on any atom is -0.334 e. The molecule has 1 fully saturated rings. The van der Waals surface area contributed by atoms with Crippen LogP contribution in [-0.2, 0) is 6.54 Å². The summed E-state index contributed by atoms with van der Waals surface area (Å²) in [5.74, 6) is 0.797. The molecule has 0 radical (unpaired) electrons. The van der Waals surface area contributed by atoms with Crippen molar-refractivity contribution in [1.82, 2.24) is 24.8 Å². The first-order valence-corrected chi connectivity index (χ1v) is 9.43. The molecule has 0 spiro atoms. The highest BCUT2D eigenvalue weighted by atomic mass is 32.2. The van der Waals surface area contributed by atoms with Crippen LogP contribution in [0.1, 0.15) is 24.8 Å². The van der Waals surface area contributed by atoms with Crippen LogP contribution in [0.5, 0.6) is 0 Å². The predicted octanol–water partition coefficient (Wildman–Crippen LogP) is 2.69. The molecule has 2 heterocycles. The zero-order valence-corrected chi connectivity index (χ0v) is 14.9. The summed E-state index contributed by atoms with van der Waals surface area (Å²) in [5, 5.41) is 3.69. The number of carbonyl (C=O) groups excluding carboxylic acids is 1. The number of amides is 2. The Labute approximate surface area is 146 Å². The maximum atomic E-state index is 12.4. The van der Waals surface area contributed by atoms with E-state index in [1.807, 2.05) is 46.6 Å². The molecule has 128 valence electrons. The van der Waals surface area contributed by atoms with E-state index in [4.69, 9.17) is 0 Å². The lowest BCUT2D eigenvalue weighted by molar-refractivity contribution is 0.190. The smallest absolute Gasteiger partial charge is 0.317 e. The fourth-order valence-electron chi connectivity index (χ4n) is 3.06. The molecule has 0 saturated heterocycles. The lowest BCUT2D eigenvalue weighted by Gasteiger charge is -2.25. The third-order valence-electron chi connectivity index (χ3n) is 4.58. The molecule has 3 rings (SSSR count). The van der Waals surface area contributed by atoms with E-state index in [2.05, 4.69) is 21.5 Å². The number of urea groups is 1. The molecule has 1 aliphatic carbocycles. The van der Waals surface area contributed by atoms with Crippen molar-refractivity contribution in [3.05, 3.63) is 42.6 Å². The van der Waals surface area contributed by atoms with E-state index in [1.165, 1.54) is 6.42 Å². The molecule has 1 aliphatic rings. The van der Waals surface area contributed by atoms with Crippen molar-refractivity contribution in [2.45, 2.75) is 37.1 Å². The quantitative estimate of drug-likeness (QED) is 0.905. The predicted molar refractivity (Wildman–Crippen MR) is 96.3 cm³/mol. The average Bonchev–Trinajstić information content (AvgIpc) is 3.30. The Morgan fingerprint density at radius 1 is 1.46 bits per heavy atom. The van der Waals surface area contributed by atoms with Gasteiger partial charge >= 0.3 is 6.03 Å². The van der Waals surface area contributed by atoms with Crippen molar-refractivity contribution in [3.8, 4) is 5.82 Å². The molecule has 0 aromatic carbocycles. The van der Waals surface area contributed by atoms with Gasteiger partial charge in [-0.25, -0.2) is 14.8 Å². The third-order valence-corrected chi connectivity index (χ3v) is 5.68. The number of aromatic nitrogens is 3. The monoisotopic (exact) mass is 345 g/mol. The number of thioether (sulfide) groups is 1. The Morgan fingerprint density at radius 2 is 2.33 bits per heavy atom. The zero-order chi connectivity index (χ0) is 16.9. The second-order valence-corrected chi connectivity index (χ2v) is 7.22. The maximum absolute atomic E-state index is 12.4. The summed E-state index contributed by atoms with van der Waals surface area (Å²) in [6.07, 6.45) is 12.5. The van der Waals surface area contributed by atoms with Gasteiger partial charge in [0, 0.05) is 43.5 Å². The van der Waals surface area contributed by atoms with Crippen LogP contribution in [0.3, 0.4) is 0 Å². The molecule has 2 amide bonds. The summed E-state index contributed by atoms with van der Waals surface area (Å²) in [4.78, 5) is 22.6. The molecular formula is C17H23N5OS. The molecular weight excluding hydrogens is 322 g/mol. The molecule has 0 unspecified atom stereocenters. The number of pyridine rings is 1. The Bertz CT molecular complexity index is 675. The largest absolute Gasteiger partial charge is 0.334 e. The number of nitrogens with zero attached hydrogens (tertiary/aromatic N) is 4. The van der Waals surface area contributed by atoms with Gasteiger partial charge in [0.15, 0.2) is 0 Å². The van der Waals surface area contributed by atoms with E-state index in [1.54, 1.807) is 18.7 Å². The highest BCUT2D eigenvalue weighted by Crippen LogP contribution is 2.30. The first-order valence-electron chi connectivity index (χ1n) is 8.14. The van der Waals surface area contributed by atoms with Crippen molar-refractivity contribution >= 4 is 17.8 Å². The molecule has 24 heavy (non-hydrogen) atoms. The van der Waals surface area contributed by atoms with Crippen LogP contribution < -0.4 is 5.32 Å². The van der Waals surface area contributed by atoms with Gasteiger partial charge in [-0.15, -0.1) is 0 Å². The molecule has 0 bridgehead atoms. The Morgan fingerprint density at radius 3 is 3.04 bits per heavy atom. The average molecular weight is 345 g/mol. The molecule has 2 aromatic heterocycles. The third kappa shape index (κ3) is 3.90. The second kappa shape index (κ2) is 7.70. The summed E-state index contributed by atoms with van der Waals surface area (Å²) in [6.45, 7) is 0.492. The lowest BCUT2D eigenvalue weighted by atomic mass is 10.2. The number of carbonyl (C=O) groups is 1. The second-order valence-electron chi connectivity index (χ2n) is 6.09. The molecule has 2 atom stereocenters. The van der Waals surface area contributed by atoms with Crippen LogP contribution in [0.4, 0.5) is 4.79 Å². The van der Waals surface area contributed by atoms with Gasteiger partial charge in [0.05, 0.1) is 0 Å². The van der Waals surface area contributed by atoms with E-state index in [-0.39, 0.29) is 6.03 Å². The zero-order valence-electron chi connectivity index (χ0n) is 14.1. The standard InChI is InChI=1S/C17H23N5OS/c1-21(14-3-4-15(10-14)24-2)17(23)20-11-13-5-6-19-16(9-13)22-8-7-18-12-22/h5-9,12,14-15H,3-4,10-11H2,1-2H3,(H,20,23)/t14-,15-/m1/s1. The topological polar surface area (TPSA) is 63.1 Å². The molecule has 6 nitrogen and oxygen atoms in total. The normalized spacial score (nSPS) is 20.1. The fourth-order valence-corrected chi connectivity index (χ4v) is 3.84. The Balaban J connectivity index is 1.55. The van der Waals surface area contributed by atoms with E-state index < -0.39 is 0 Å². The van der Waals surface area contributed by atoms with Crippen molar-refractivity contribution < 1.29 is 4.79 Å². The molecule has 1 saturated carbocycles. The molecule has 1 N–H and O–H groups in total. The van der Waals surface area contributed by atoms with Gasteiger partial charge < -0.3 is 10.2 Å². The fraction of sp³-hybridized carbons (Fsp3) is 0.471. The van der Waals surface area contributed by atoms with E-state index in [0.29, 0.717) is 17.8 Å². The number of imidazole rings is 1. The maximum Gasteiger partial charge on any atom is 0.317 e. The summed E-state index contributed by atoms with van der Waals surface area (Å²) in [5.41, 5.74) is 1.02. The van der Waals surface area contributed by atoms with Crippen molar-refractivity contribution in [2.75, 3.05) is 13.3 Å². The van der Waals surface area contributed by atoms with E-state index in [9.17, 15) is 4.79 Å². The first-order chi connectivity index (χ1) is 11.7. The van der Waals surface area contributed by atoms with Gasteiger partial charge in [-0.1, -0.05) is 0 Å². The van der Waals surface area contributed by atoms with Gasteiger partial charge in [-0.3, -0.25) is 4.57 Å². The van der Waals surface area contributed by atoms with Crippen LogP contribution in [0.15, 0.2) is 37.1 Å². The van der Waals surface area contributed by atoms with Crippen LogP contribution >= 0.6 is 11.8 Å². The van der Waals surface area contributed by atoms with E-state index in [0.717, 1.165) is 24.2 Å². The Kier molecular flexibility index (Phi) is 5.40. The SMILES string of the molecule is CS[C@@H]1CC[C@@H](N(C)C(=O)NCc2ccnc(-n3ccnc3)c2)C1. The highest BCUT2D eigenvalue weighted by molar-refractivity contribution is 7.99. The van der Waals surface area contributed by atoms with Gasteiger partial charge in [-0.2, -0.15) is 11.8 Å². The van der Waals surface area contributed by atoms with Crippen LogP contribution in [-0.4, -0.2) is 50.1 Å². The summed E-state index contributed by atoms with van der Waals surface area (Å²) in [7, 11) is 1.90. The van der Waals surface area contributed by atoms with Gasteiger partial charge in [-0.05, 0) is 43.2 Å². The van der Waals surface area contributed by atoms with Gasteiger partial charge in [0.25, 0.3) is 0 Å². The van der Waals surface area contributed by atoms with Gasteiger partial charge in [0.2, 0.25) is 0 Å². The summed E-state index contributed by atoms with van der Waals surface area (Å²) < 4.78 is 1.85. The minimum atomic E-state index is -0.0113. The van der Waals surface area contributed by atoms with Crippen molar-refractivity contribution in [2.24, 2.45) is 0 Å². The van der Waals surface area contributed by atoms with Crippen LogP contribution in [0.2, 0.25) is 0 Å².